The number of hydrogen-bond acceptors (Lipinski definition) is 5. The van der Waals surface area contributed by atoms with Crippen LogP contribution in [0.1, 0.15) is 24.2 Å². The van der Waals surface area contributed by atoms with E-state index in [4.69, 9.17) is 15.5 Å². The fourth-order valence-corrected chi connectivity index (χ4v) is 2.81. The highest BCUT2D eigenvalue weighted by Crippen LogP contribution is 2.31. The van der Waals surface area contributed by atoms with Crippen molar-refractivity contribution in [2.24, 2.45) is 0 Å². The van der Waals surface area contributed by atoms with Crippen LogP contribution in [0.4, 0.5) is 5.69 Å². The van der Waals surface area contributed by atoms with Gasteiger partial charge in [0.25, 0.3) is 0 Å². The highest BCUT2D eigenvalue weighted by molar-refractivity contribution is 5.93. The fraction of sp³-hybridized carbons (Fsp3) is 0.375. The molecule has 1 fully saturated rings. The van der Waals surface area contributed by atoms with E-state index in [1.54, 1.807) is 0 Å². The van der Waals surface area contributed by atoms with Gasteiger partial charge in [-0.25, -0.2) is 4.98 Å². The number of nitrogens with two attached hydrogens (primary N) is 1. The van der Waals surface area contributed by atoms with Crippen LogP contribution < -0.4 is 5.73 Å². The third-order valence-corrected chi connectivity index (χ3v) is 4.06. The molecule has 2 N–H and O–H groups in total. The Bertz CT molecular complexity index is 701. The Morgan fingerprint density at radius 2 is 2.05 bits per heavy atom. The summed E-state index contributed by atoms with van der Waals surface area (Å²) in [5.41, 5.74) is 8.81. The van der Waals surface area contributed by atoms with Crippen LogP contribution in [0.5, 0.6) is 0 Å². The van der Waals surface area contributed by atoms with E-state index in [2.05, 4.69) is 17.9 Å². The Labute approximate surface area is 123 Å². The predicted molar refractivity (Wildman–Crippen MR) is 81.7 cm³/mol. The van der Waals surface area contributed by atoms with Crippen LogP contribution in [0.25, 0.3) is 10.9 Å². The van der Waals surface area contributed by atoms with Gasteiger partial charge in [0.1, 0.15) is 6.07 Å². The molecule has 1 aliphatic rings. The van der Waals surface area contributed by atoms with Crippen molar-refractivity contribution in [3.63, 3.8) is 0 Å². The first-order valence-corrected chi connectivity index (χ1v) is 7.12. The van der Waals surface area contributed by atoms with Gasteiger partial charge in [-0.3, -0.25) is 4.90 Å². The van der Waals surface area contributed by atoms with E-state index in [1.165, 1.54) is 0 Å². The molecule has 0 saturated carbocycles. The van der Waals surface area contributed by atoms with Crippen LogP contribution in [-0.2, 0) is 4.74 Å². The number of anilines is 1. The quantitative estimate of drug-likeness (QED) is 0.912. The number of ether oxygens (including phenoxy) is 1. The van der Waals surface area contributed by atoms with E-state index in [-0.39, 0.29) is 6.04 Å². The zero-order valence-electron chi connectivity index (χ0n) is 12.0. The maximum atomic E-state index is 9.49. The third kappa shape index (κ3) is 2.44. The van der Waals surface area contributed by atoms with Gasteiger partial charge in [0.05, 0.1) is 41.7 Å². The molecule has 2 heterocycles. The Balaban J connectivity index is 2.10. The second kappa shape index (κ2) is 5.68. The van der Waals surface area contributed by atoms with Gasteiger partial charge in [0.15, 0.2) is 0 Å². The molecule has 3 rings (SSSR count). The Kier molecular flexibility index (Phi) is 3.74. The maximum absolute atomic E-state index is 9.49. The fourth-order valence-electron chi connectivity index (χ4n) is 2.81. The molecule has 1 saturated heterocycles. The van der Waals surface area contributed by atoms with Gasteiger partial charge in [0, 0.05) is 18.5 Å². The summed E-state index contributed by atoms with van der Waals surface area (Å²) in [6.45, 7) is 5.20. The van der Waals surface area contributed by atoms with Crippen molar-refractivity contribution < 1.29 is 4.74 Å². The Morgan fingerprint density at radius 3 is 2.76 bits per heavy atom. The first kappa shape index (κ1) is 13.8. The summed E-state index contributed by atoms with van der Waals surface area (Å²) in [6, 6.07) is 9.96. The molecule has 1 aromatic carbocycles. The summed E-state index contributed by atoms with van der Waals surface area (Å²) in [4.78, 5) is 6.98. The summed E-state index contributed by atoms with van der Waals surface area (Å²) in [7, 11) is 0. The number of nitrogen functional groups attached to an aromatic ring is 1. The van der Waals surface area contributed by atoms with Gasteiger partial charge in [-0.2, -0.15) is 5.26 Å². The molecule has 1 unspecified atom stereocenters. The molecule has 5 heteroatoms. The molecule has 2 aromatic rings. The SMILES string of the molecule is CC(c1nc2ccccc2c(N)c1C#N)N1CCOCC1. The lowest BCUT2D eigenvalue weighted by molar-refractivity contribution is 0.0191. The summed E-state index contributed by atoms with van der Waals surface area (Å²) < 4.78 is 5.38. The summed E-state index contributed by atoms with van der Waals surface area (Å²) in [6.07, 6.45) is 0. The van der Waals surface area contributed by atoms with Crippen LogP contribution in [0.2, 0.25) is 0 Å². The van der Waals surface area contributed by atoms with Gasteiger partial charge in [-0.05, 0) is 13.0 Å². The molecule has 1 aromatic heterocycles. The minimum absolute atomic E-state index is 0.0513. The third-order valence-electron chi connectivity index (χ3n) is 4.06. The molecule has 5 nitrogen and oxygen atoms in total. The zero-order valence-corrected chi connectivity index (χ0v) is 12.0. The smallest absolute Gasteiger partial charge is 0.103 e. The van der Waals surface area contributed by atoms with Crippen LogP contribution in [0.15, 0.2) is 24.3 Å². The van der Waals surface area contributed by atoms with Crippen molar-refractivity contribution >= 4 is 16.6 Å². The number of rotatable bonds is 2. The molecule has 0 spiro atoms. The Hall–Kier alpha value is -2.16. The molecular weight excluding hydrogens is 264 g/mol. The van der Waals surface area contributed by atoms with E-state index >= 15 is 0 Å². The van der Waals surface area contributed by atoms with Gasteiger partial charge in [-0.15, -0.1) is 0 Å². The molecule has 1 aliphatic heterocycles. The molecule has 1 atom stereocenters. The average Bonchev–Trinajstić information content (AvgIpc) is 2.55. The molecular formula is C16H18N4O. The Morgan fingerprint density at radius 1 is 1.33 bits per heavy atom. The van der Waals surface area contributed by atoms with Crippen LogP contribution in [-0.4, -0.2) is 36.2 Å². The predicted octanol–water partition coefficient (Wildman–Crippen LogP) is 2.08. The minimum Gasteiger partial charge on any atom is -0.397 e. The number of nitriles is 1. The molecule has 0 radical (unpaired) electrons. The lowest BCUT2D eigenvalue weighted by Crippen LogP contribution is -2.38. The topological polar surface area (TPSA) is 75.2 Å². The molecule has 21 heavy (non-hydrogen) atoms. The maximum Gasteiger partial charge on any atom is 0.103 e. The van der Waals surface area contributed by atoms with Crippen LogP contribution >= 0.6 is 0 Å². The lowest BCUT2D eigenvalue weighted by atomic mass is 10.0. The number of para-hydroxylation sites is 1. The molecule has 0 amide bonds. The highest BCUT2D eigenvalue weighted by atomic mass is 16.5. The van der Waals surface area contributed by atoms with Gasteiger partial charge in [-0.1, -0.05) is 18.2 Å². The second-order valence-electron chi connectivity index (χ2n) is 5.24. The number of benzene rings is 1. The number of morpholine rings is 1. The van der Waals surface area contributed by atoms with E-state index < -0.39 is 0 Å². The summed E-state index contributed by atoms with van der Waals surface area (Å²) >= 11 is 0. The van der Waals surface area contributed by atoms with Crippen molar-refractivity contribution in [3.8, 4) is 6.07 Å². The first-order chi connectivity index (χ1) is 10.2. The largest absolute Gasteiger partial charge is 0.397 e. The highest BCUT2D eigenvalue weighted by Gasteiger charge is 2.24. The number of fused-ring (bicyclic) bond motifs is 1. The average molecular weight is 282 g/mol. The summed E-state index contributed by atoms with van der Waals surface area (Å²) in [5.74, 6) is 0. The van der Waals surface area contributed by atoms with Crippen molar-refractivity contribution in [1.82, 2.24) is 9.88 Å². The van der Waals surface area contributed by atoms with Crippen molar-refractivity contribution in [3.05, 3.63) is 35.5 Å². The second-order valence-corrected chi connectivity index (χ2v) is 5.24. The van der Waals surface area contributed by atoms with Gasteiger partial charge < -0.3 is 10.5 Å². The number of hydrogen-bond donors (Lipinski definition) is 1. The summed E-state index contributed by atoms with van der Waals surface area (Å²) in [5, 5.41) is 10.3. The number of nitrogens with zero attached hydrogens (tertiary/aromatic N) is 3. The monoisotopic (exact) mass is 282 g/mol. The minimum atomic E-state index is 0.0513. The van der Waals surface area contributed by atoms with Crippen LogP contribution in [0, 0.1) is 11.3 Å². The molecule has 0 bridgehead atoms. The molecule has 108 valence electrons. The normalized spacial score (nSPS) is 17.5. The van der Waals surface area contributed by atoms with Crippen molar-refractivity contribution in [1.29, 1.82) is 5.26 Å². The van der Waals surface area contributed by atoms with Crippen LogP contribution in [0.3, 0.4) is 0 Å². The number of aromatic nitrogens is 1. The van der Waals surface area contributed by atoms with E-state index in [1.807, 2.05) is 24.3 Å². The van der Waals surface area contributed by atoms with E-state index in [9.17, 15) is 5.26 Å². The van der Waals surface area contributed by atoms with Gasteiger partial charge >= 0.3 is 0 Å². The van der Waals surface area contributed by atoms with Crippen molar-refractivity contribution in [2.45, 2.75) is 13.0 Å². The first-order valence-electron chi connectivity index (χ1n) is 7.12. The van der Waals surface area contributed by atoms with Gasteiger partial charge in [0.2, 0.25) is 0 Å². The number of pyridine rings is 1. The molecule has 0 aliphatic carbocycles. The van der Waals surface area contributed by atoms with E-state index in [0.29, 0.717) is 11.3 Å². The zero-order chi connectivity index (χ0) is 14.8. The van der Waals surface area contributed by atoms with Crippen molar-refractivity contribution in [2.75, 3.05) is 32.0 Å². The van der Waals surface area contributed by atoms with E-state index in [0.717, 1.165) is 42.9 Å². The standard InChI is InChI=1S/C16H18N4O/c1-11(20-6-8-21-9-7-20)16-13(10-17)15(18)12-4-2-3-5-14(12)19-16/h2-5,11H,6-9H2,1H3,(H2,18,19). The lowest BCUT2D eigenvalue weighted by Gasteiger charge is -2.32.